The first-order chi connectivity index (χ1) is 14.2. The Morgan fingerprint density at radius 2 is 1.50 bits per heavy atom. The molecule has 1 amide bonds. The molecule has 2 aromatic carbocycles. The highest BCUT2D eigenvalue weighted by Gasteiger charge is 2.26. The summed E-state index contributed by atoms with van der Waals surface area (Å²) in [4.78, 5) is 23.6. The Morgan fingerprint density at radius 3 is 2.03 bits per heavy atom. The van der Waals surface area contributed by atoms with Crippen molar-refractivity contribution in [2.24, 2.45) is 0 Å². The maximum atomic E-state index is 12.8. The summed E-state index contributed by atoms with van der Waals surface area (Å²) in [5, 5.41) is 14.2. The van der Waals surface area contributed by atoms with Crippen LogP contribution >= 0.6 is 0 Å². The second-order valence-corrected chi connectivity index (χ2v) is 6.75. The van der Waals surface area contributed by atoms with Crippen molar-refractivity contribution in [1.29, 1.82) is 0 Å². The lowest BCUT2D eigenvalue weighted by molar-refractivity contribution is -0.385. The zero-order valence-electron chi connectivity index (χ0n) is 17.8. The first kappa shape index (κ1) is 22.8. The predicted octanol–water partition coefficient (Wildman–Crippen LogP) is 3.90. The number of carbonyl (C=O) groups excluding carboxylic acids is 1. The molecule has 0 saturated carbocycles. The van der Waals surface area contributed by atoms with Crippen LogP contribution in [0.3, 0.4) is 0 Å². The van der Waals surface area contributed by atoms with Gasteiger partial charge >= 0.3 is 0 Å². The summed E-state index contributed by atoms with van der Waals surface area (Å²) in [6, 6.07) is 7.32. The summed E-state index contributed by atoms with van der Waals surface area (Å²) >= 11 is 0. The second kappa shape index (κ2) is 9.82. The van der Waals surface area contributed by atoms with E-state index in [9.17, 15) is 14.9 Å². The van der Waals surface area contributed by atoms with Crippen molar-refractivity contribution in [2.45, 2.75) is 32.9 Å². The number of amides is 1. The van der Waals surface area contributed by atoms with E-state index in [4.69, 9.17) is 18.9 Å². The summed E-state index contributed by atoms with van der Waals surface area (Å²) in [5.74, 6) is 0.887. The van der Waals surface area contributed by atoms with Gasteiger partial charge in [0.2, 0.25) is 0 Å². The lowest BCUT2D eigenvalue weighted by atomic mass is 10.1. The molecule has 30 heavy (non-hydrogen) atoms. The summed E-state index contributed by atoms with van der Waals surface area (Å²) in [6.45, 7) is 5.58. The number of nitro benzene ring substituents is 1. The maximum absolute atomic E-state index is 12.8. The van der Waals surface area contributed by atoms with Gasteiger partial charge in [0, 0.05) is 6.07 Å². The molecule has 1 unspecified atom stereocenters. The van der Waals surface area contributed by atoms with Gasteiger partial charge in [-0.05, 0) is 38.5 Å². The average Bonchev–Trinajstić information content (AvgIpc) is 2.72. The van der Waals surface area contributed by atoms with Crippen LogP contribution < -0.4 is 24.3 Å². The van der Waals surface area contributed by atoms with Gasteiger partial charge < -0.3 is 24.3 Å². The van der Waals surface area contributed by atoms with Gasteiger partial charge in [-0.15, -0.1) is 0 Å². The molecule has 1 atom stereocenters. The molecule has 0 aliphatic carbocycles. The molecular weight excluding hydrogens is 392 g/mol. The fourth-order valence-corrected chi connectivity index (χ4v) is 2.86. The van der Waals surface area contributed by atoms with Crippen molar-refractivity contribution in [3.63, 3.8) is 0 Å². The van der Waals surface area contributed by atoms with Crippen LogP contribution in [-0.4, -0.2) is 38.3 Å². The van der Waals surface area contributed by atoms with Gasteiger partial charge in [-0.25, -0.2) is 0 Å². The monoisotopic (exact) mass is 418 g/mol. The van der Waals surface area contributed by atoms with Crippen LogP contribution in [0.5, 0.6) is 23.0 Å². The van der Waals surface area contributed by atoms with Gasteiger partial charge in [-0.2, -0.15) is 0 Å². The molecule has 9 heteroatoms. The molecule has 162 valence electrons. The molecule has 0 fully saturated rings. The Bertz CT molecular complexity index is 928. The number of carbonyl (C=O) groups is 1. The third kappa shape index (κ3) is 5.11. The highest BCUT2D eigenvalue weighted by atomic mass is 16.6. The number of nitro groups is 1. The minimum Gasteiger partial charge on any atom is -0.493 e. The Balaban J connectivity index is 2.32. The van der Waals surface area contributed by atoms with Gasteiger partial charge in [0.25, 0.3) is 11.6 Å². The first-order valence-electron chi connectivity index (χ1n) is 9.27. The van der Waals surface area contributed by atoms with E-state index in [1.165, 1.54) is 33.5 Å². The number of nitrogens with zero attached hydrogens (tertiary/aromatic N) is 1. The van der Waals surface area contributed by atoms with E-state index in [0.29, 0.717) is 11.5 Å². The lowest BCUT2D eigenvalue weighted by Crippen LogP contribution is -2.27. The smallest absolute Gasteiger partial charge is 0.286 e. The molecule has 0 heterocycles. The molecule has 0 radical (unpaired) electrons. The molecule has 0 aromatic heterocycles. The van der Waals surface area contributed by atoms with Crippen molar-refractivity contribution in [2.75, 3.05) is 21.3 Å². The minimum atomic E-state index is -0.636. The Hall–Kier alpha value is -3.49. The summed E-state index contributed by atoms with van der Waals surface area (Å²) < 4.78 is 21.3. The summed E-state index contributed by atoms with van der Waals surface area (Å²) in [7, 11) is 4.28. The van der Waals surface area contributed by atoms with Crippen LogP contribution in [0, 0.1) is 10.1 Å². The first-order valence-corrected chi connectivity index (χ1v) is 9.27. The topological polar surface area (TPSA) is 109 Å². The highest BCUT2D eigenvalue weighted by Crippen LogP contribution is 2.35. The number of hydrogen-bond acceptors (Lipinski definition) is 7. The van der Waals surface area contributed by atoms with Crippen LogP contribution in [0.1, 0.15) is 42.7 Å². The van der Waals surface area contributed by atoms with Crippen molar-refractivity contribution >= 4 is 11.6 Å². The van der Waals surface area contributed by atoms with E-state index in [-0.39, 0.29) is 28.9 Å². The number of methoxy groups -OCH3 is 3. The predicted molar refractivity (Wildman–Crippen MR) is 111 cm³/mol. The van der Waals surface area contributed by atoms with Crippen LogP contribution in [0.25, 0.3) is 0 Å². The van der Waals surface area contributed by atoms with E-state index < -0.39 is 16.9 Å². The SMILES string of the molecule is COc1cc(C(=O)NC(C)c2ccc(OC(C)C)c(OC)c2)c([N+](=O)[O-])cc1OC. The minimum absolute atomic E-state index is 0.0209. The van der Waals surface area contributed by atoms with Crippen molar-refractivity contribution in [3.8, 4) is 23.0 Å². The Kier molecular flexibility index (Phi) is 7.46. The standard InChI is InChI=1S/C21H26N2O7/c1-12(2)30-17-8-7-14(9-18(17)27-4)13(3)22-21(24)15-10-19(28-5)20(29-6)11-16(15)23(25)26/h7-13H,1-6H3,(H,22,24). The number of ether oxygens (including phenoxy) is 4. The zero-order chi connectivity index (χ0) is 22.4. The number of hydrogen-bond donors (Lipinski definition) is 1. The normalized spacial score (nSPS) is 11.6. The molecule has 0 saturated heterocycles. The molecule has 0 spiro atoms. The number of rotatable bonds is 9. The molecule has 1 N–H and O–H groups in total. The van der Waals surface area contributed by atoms with Crippen molar-refractivity contribution < 1.29 is 28.7 Å². The van der Waals surface area contributed by atoms with E-state index in [0.717, 1.165) is 5.56 Å². The second-order valence-electron chi connectivity index (χ2n) is 6.75. The molecule has 0 aliphatic rings. The van der Waals surface area contributed by atoms with Crippen LogP contribution in [0.4, 0.5) is 5.69 Å². The van der Waals surface area contributed by atoms with Crippen LogP contribution in [0.15, 0.2) is 30.3 Å². The van der Waals surface area contributed by atoms with E-state index in [1.54, 1.807) is 25.1 Å². The quantitative estimate of drug-likeness (QED) is 0.486. The third-order valence-electron chi connectivity index (χ3n) is 4.34. The molecular formula is C21H26N2O7. The maximum Gasteiger partial charge on any atom is 0.286 e. The van der Waals surface area contributed by atoms with Gasteiger partial charge in [0.05, 0.1) is 44.5 Å². The molecule has 9 nitrogen and oxygen atoms in total. The molecule has 2 rings (SSSR count). The fourth-order valence-electron chi connectivity index (χ4n) is 2.86. The summed E-state index contributed by atoms with van der Waals surface area (Å²) in [6.07, 6.45) is -0.0209. The molecule has 0 aliphatic heterocycles. The molecule has 0 bridgehead atoms. The van der Waals surface area contributed by atoms with Gasteiger partial charge in [0.15, 0.2) is 23.0 Å². The Morgan fingerprint density at radius 1 is 0.933 bits per heavy atom. The van der Waals surface area contributed by atoms with Crippen LogP contribution in [-0.2, 0) is 0 Å². The third-order valence-corrected chi connectivity index (χ3v) is 4.34. The fraction of sp³-hybridized carbons (Fsp3) is 0.381. The van der Waals surface area contributed by atoms with E-state index in [1.807, 2.05) is 13.8 Å². The lowest BCUT2D eigenvalue weighted by Gasteiger charge is -2.18. The molecule has 2 aromatic rings. The largest absolute Gasteiger partial charge is 0.493 e. The highest BCUT2D eigenvalue weighted by molar-refractivity contribution is 5.99. The van der Waals surface area contributed by atoms with Crippen LogP contribution in [0.2, 0.25) is 0 Å². The summed E-state index contributed by atoms with van der Waals surface area (Å²) in [5.41, 5.74) is 0.242. The zero-order valence-corrected chi connectivity index (χ0v) is 17.8. The van der Waals surface area contributed by atoms with E-state index in [2.05, 4.69) is 5.32 Å². The number of nitrogens with one attached hydrogen (secondary N) is 1. The van der Waals surface area contributed by atoms with E-state index >= 15 is 0 Å². The van der Waals surface area contributed by atoms with Crippen molar-refractivity contribution in [1.82, 2.24) is 5.32 Å². The van der Waals surface area contributed by atoms with Gasteiger partial charge in [0.1, 0.15) is 5.56 Å². The number of benzene rings is 2. The Labute approximate surface area is 175 Å². The van der Waals surface area contributed by atoms with Crippen molar-refractivity contribution in [3.05, 3.63) is 51.6 Å². The van der Waals surface area contributed by atoms with Gasteiger partial charge in [-0.1, -0.05) is 6.07 Å². The average molecular weight is 418 g/mol. The van der Waals surface area contributed by atoms with Gasteiger partial charge in [-0.3, -0.25) is 14.9 Å².